The van der Waals surface area contributed by atoms with Crippen molar-refractivity contribution in [3.63, 3.8) is 0 Å². The van der Waals surface area contributed by atoms with Crippen molar-refractivity contribution < 1.29 is 17.9 Å². The number of halogens is 1. The van der Waals surface area contributed by atoms with Gasteiger partial charge >= 0.3 is 0 Å². The van der Waals surface area contributed by atoms with Gasteiger partial charge in [-0.1, -0.05) is 47.5 Å². The molecule has 0 aromatic heterocycles. The molecule has 0 aliphatic heterocycles. The number of nitrogens with one attached hydrogen (secondary N) is 2. The first kappa shape index (κ1) is 23.4. The molecule has 0 saturated carbocycles. The summed E-state index contributed by atoms with van der Waals surface area (Å²) in [6.07, 6.45) is 0.584. The van der Waals surface area contributed by atoms with E-state index in [1.165, 1.54) is 12.1 Å². The number of sulfonamides is 1. The van der Waals surface area contributed by atoms with E-state index in [0.29, 0.717) is 13.0 Å². The maximum Gasteiger partial charge on any atom is 0.241 e. The van der Waals surface area contributed by atoms with Crippen molar-refractivity contribution in [2.45, 2.75) is 38.1 Å². The molecule has 0 fully saturated rings. The highest BCUT2D eigenvalue weighted by atomic mass is 79.9. The number of rotatable bonds is 9. The third-order valence-electron chi connectivity index (χ3n) is 4.48. The molecule has 2 N–H and O–H groups in total. The van der Waals surface area contributed by atoms with E-state index >= 15 is 0 Å². The normalized spacial score (nSPS) is 12.6. The first-order chi connectivity index (χ1) is 13.6. The predicted octanol–water partition coefficient (Wildman–Crippen LogP) is 3.43. The average molecular weight is 483 g/mol. The van der Waals surface area contributed by atoms with Gasteiger partial charge in [0.05, 0.1) is 12.0 Å². The summed E-state index contributed by atoms with van der Waals surface area (Å²) in [7, 11) is -2.20. The van der Waals surface area contributed by atoms with Crippen LogP contribution >= 0.6 is 15.9 Å². The van der Waals surface area contributed by atoms with Crippen molar-refractivity contribution in [1.29, 1.82) is 0 Å². The predicted molar refractivity (Wildman–Crippen MR) is 118 cm³/mol. The Morgan fingerprint density at radius 1 is 1.14 bits per heavy atom. The van der Waals surface area contributed by atoms with E-state index in [1.54, 1.807) is 33.1 Å². The summed E-state index contributed by atoms with van der Waals surface area (Å²) < 4.78 is 34.0. The van der Waals surface area contributed by atoms with E-state index in [2.05, 4.69) is 26.0 Å². The van der Waals surface area contributed by atoms with Crippen LogP contribution in [-0.4, -0.2) is 34.0 Å². The first-order valence-electron chi connectivity index (χ1n) is 9.33. The summed E-state index contributed by atoms with van der Waals surface area (Å²) in [5.41, 5.74) is 2.10. The topological polar surface area (TPSA) is 84.5 Å². The summed E-state index contributed by atoms with van der Waals surface area (Å²) in [5.74, 6) is 0.197. The molecule has 1 atom stereocenters. The number of methoxy groups -OCH3 is 1. The largest absolute Gasteiger partial charge is 0.496 e. The van der Waals surface area contributed by atoms with Crippen LogP contribution < -0.4 is 14.8 Å². The van der Waals surface area contributed by atoms with Crippen LogP contribution in [0.25, 0.3) is 0 Å². The van der Waals surface area contributed by atoms with E-state index in [4.69, 9.17) is 4.74 Å². The van der Waals surface area contributed by atoms with Crippen LogP contribution in [0.4, 0.5) is 0 Å². The number of carbonyl (C=O) groups excluding carboxylic acids is 1. The standard InChI is InChI=1S/C21H27BrN2O4S/c1-14(2)20(24-29(26,27)18-8-6-17(22)7-9-18)21(25)23-12-11-16-13-15(3)5-10-19(16)28-4/h5-10,13-14,20,24H,11-12H2,1-4H3,(H,23,25). The summed E-state index contributed by atoms with van der Waals surface area (Å²) in [6, 6.07) is 11.3. The monoisotopic (exact) mass is 482 g/mol. The molecule has 2 aromatic rings. The Balaban J connectivity index is 2.04. The maximum atomic E-state index is 12.7. The smallest absolute Gasteiger partial charge is 0.241 e. The molecule has 0 aliphatic carbocycles. The van der Waals surface area contributed by atoms with Crippen molar-refractivity contribution in [2.24, 2.45) is 5.92 Å². The Morgan fingerprint density at radius 2 is 1.79 bits per heavy atom. The number of ether oxygens (including phenoxy) is 1. The lowest BCUT2D eigenvalue weighted by atomic mass is 10.0. The molecule has 0 aliphatic rings. The van der Waals surface area contributed by atoms with Crippen molar-refractivity contribution in [2.75, 3.05) is 13.7 Å². The summed E-state index contributed by atoms with van der Waals surface area (Å²) >= 11 is 3.28. The van der Waals surface area contributed by atoms with Crippen LogP contribution in [0.5, 0.6) is 5.75 Å². The lowest BCUT2D eigenvalue weighted by Crippen LogP contribution is -2.49. The molecule has 2 aromatic carbocycles. The summed E-state index contributed by atoms with van der Waals surface area (Å²) in [4.78, 5) is 12.8. The molecule has 0 spiro atoms. The molecular formula is C21H27BrN2O4S. The van der Waals surface area contributed by atoms with Crippen LogP contribution in [0.1, 0.15) is 25.0 Å². The van der Waals surface area contributed by atoms with Crippen LogP contribution in [0.2, 0.25) is 0 Å². The van der Waals surface area contributed by atoms with Crippen molar-refractivity contribution >= 4 is 31.9 Å². The minimum atomic E-state index is -3.81. The molecule has 158 valence electrons. The Bertz CT molecular complexity index is 944. The zero-order chi connectivity index (χ0) is 21.6. The van der Waals surface area contributed by atoms with Gasteiger partial charge in [0.2, 0.25) is 15.9 Å². The Labute approximate surface area is 181 Å². The minimum absolute atomic E-state index is 0.114. The van der Waals surface area contributed by atoms with Crippen LogP contribution in [-0.2, 0) is 21.2 Å². The van der Waals surface area contributed by atoms with Gasteiger partial charge in [-0.05, 0) is 55.2 Å². The number of amides is 1. The molecular weight excluding hydrogens is 456 g/mol. The van der Waals surface area contributed by atoms with Crippen molar-refractivity contribution in [3.05, 3.63) is 58.1 Å². The van der Waals surface area contributed by atoms with Crippen LogP contribution in [0, 0.1) is 12.8 Å². The van der Waals surface area contributed by atoms with Gasteiger partial charge in [-0.25, -0.2) is 8.42 Å². The van der Waals surface area contributed by atoms with Gasteiger partial charge in [-0.3, -0.25) is 4.79 Å². The molecule has 2 rings (SSSR count). The van der Waals surface area contributed by atoms with E-state index in [9.17, 15) is 13.2 Å². The molecule has 0 saturated heterocycles. The first-order valence-corrected chi connectivity index (χ1v) is 11.6. The molecule has 0 heterocycles. The number of hydrogen-bond acceptors (Lipinski definition) is 4. The molecule has 1 amide bonds. The van der Waals surface area contributed by atoms with Gasteiger partial charge in [0.25, 0.3) is 0 Å². The lowest BCUT2D eigenvalue weighted by molar-refractivity contribution is -0.123. The minimum Gasteiger partial charge on any atom is -0.496 e. The molecule has 1 unspecified atom stereocenters. The zero-order valence-electron chi connectivity index (χ0n) is 17.0. The fourth-order valence-corrected chi connectivity index (χ4v) is 4.48. The Hall–Kier alpha value is -1.90. The van der Waals surface area contributed by atoms with E-state index in [-0.39, 0.29) is 16.7 Å². The summed E-state index contributed by atoms with van der Waals surface area (Å²) in [6.45, 7) is 5.98. The molecule has 0 radical (unpaired) electrons. The SMILES string of the molecule is COc1ccc(C)cc1CCNC(=O)C(NS(=O)(=O)c1ccc(Br)cc1)C(C)C. The highest BCUT2D eigenvalue weighted by molar-refractivity contribution is 9.10. The number of carbonyl (C=O) groups is 1. The van der Waals surface area contributed by atoms with Gasteiger partial charge in [-0.15, -0.1) is 0 Å². The van der Waals surface area contributed by atoms with E-state index < -0.39 is 16.1 Å². The summed E-state index contributed by atoms with van der Waals surface area (Å²) in [5, 5.41) is 2.84. The van der Waals surface area contributed by atoms with Crippen molar-refractivity contribution in [3.8, 4) is 5.75 Å². The third-order valence-corrected chi connectivity index (χ3v) is 6.47. The molecule has 8 heteroatoms. The second kappa shape index (κ2) is 10.2. The van der Waals surface area contributed by atoms with Gasteiger partial charge in [0.1, 0.15) is 11.8 Å². The second-order valence-corrected chi connectivity index (χ2v) is 9.78. The van der Waals surface area contributed by atoms with Gasteiger partial charge in [-0.2, -0.15) is 4.72 Å². The zero-order valence-corrected chi connectivity index (χ0v) is 19.4. The number of hydrogen-bond donors (Lipinski definition) is 2. The Kier molecular flexibility index (Phi) is 8.24. The fourth-order valence-electron chi connectivity index (χ4n) is 2.87. The maximum absolute atomic E-state index is 12.7. The van der Waals surface area contributed by atoms with Gasteiger partial charge < -0.3 is 10.1 Å². The molecule has 0 bridgehead atoms. The van der Waals surface area contributed by atoms with Gasteiger partial charge in [0, 0.05) is 11.0 Å². The van der Waals surface area contributed by atoms with Crippen LogP contribution in [0.15, 0.2) is 51.8 Å². The lowest BCUT2D eigenvalue weighted by Gasteiger charge is -2.22. The fraction of sp³-hybridized carbons (Fsp3) is 0.381. The van der Waals surface area contributed by atoms with Crippen molar-refractivity contribution in [1.82, 2.24) is 10.0 Å². The van der Waals surface area contributed by atoms with Crippen LogP contribution in [0.3, 0.4) is 0 Å². The Morgan fingerprint density at radius 3 is 2.38 bits per heavy atom. The number of aryl methyl sites for hydroxylation is 1. The quantitative estimate of drug-likeness (QED) is 0.573. The average Bonchev–Trinajstić information content (AvgIpc) is 2.66. The molecule has 29 heavy (non-hydrogen) atoms. The highest BCUT2D eigenvalue weighted by Crippen LogP contribution is 2.20. The third kappa shape index (κ3) is 6.55. The van der Waals surface area contributed by atoms with Gasteiger partial charge in [0.15, 0.2) is 0 Å². The highest BCUT2D eigenvalue weighted by Gasteiger charge is 2.28. The van der Waals surface area contributed by atoms with E-state index in [0.717, 1.165) is 21.3 Å². The second-order valence-electron chi connectivity index (χ2n) is 7.15. The van der Waals surface area contributed by atoms with E-state index in [1.807, 2.05) is 25.1 Å². The molecule has 6 nitrogen and oxygen atoms in total. The number of benzene rings is 2.